The lowest BCUT2D eigenvalue weighted by molar-refractivity contribution is -0.290. The minimum atomic E-state index is -0.712. The van der Waals surface area contributed by atoms with E-state index in [-0.39, 0.29) is 85.6 Å². The molecule has 3 aromatic rings. The second kappa shape index (κ2) is 59.4. The third-order valence-corrected chi connectivity index (χ3v) is 32.5. The van der Waals surface area contributed by atoms with Gasteiger partial charge >= 0.3 is 0 Å². The van der Waals surface area contributed by atoms with Crippen LogP contribution in [0, 0.1) is 0 Å². The molecule has 0 atom stereocenters. The lowest BCUT2D eigenvalue weighted by Gasteiger charge is -2.57. The summed E-state index contributed by atoms with van der Waals surface area (Å²) in [5.41, 5.74) is -3.67. The number of aromatic nitrogens is 9. The predicted octanol–water partition coefficient (Wildman–Crippen LogP) is 27.8. The Bertz CT molecular complexity index is 4020. The summed E-state index contributed by atoms with van der Waals surface area (Å²) in [5, 5.41) is 11.8. The second-order valence-electron chi connectivity index (χ2n) is 52.3. The van der Waals surface area contributed by atoms with Gasteiger partial charge in [0, 0.05) is 164 Å². The third-order valence-electron chi connectivity index (χ3n) is 32.5. The maximum Gasteiger partial charge on any atom is 0.232 e. The van der Waals surface area contributed by atoms with Crippen LogP contribution in [-0.2, 0) is 29.7 Å². The highest BCUT2D eigenvalue weighted by molar-refractivity contribution is 5.50. The zero-order valence-corrected chi connectivity index (χ0v) is 103. The van der Waals surface area contributed by atoms with Gasteiger partial charge in [0.2, 0.25) is 47.6 Å². The highest BCUT2D eigenvalue weighted by Gasteiger charge is 2.56. The molecule has 148 heavy (non-hydrogen) atoms. The van der Waals surface area contributed by atoms with E-state index in [1.54, 1.807) is 0 Å². The predicted molar refractivity (Wildman–Crippen MR) is 625 cm³/mol. The van der Waals surface area contributed by atoms with Crippen molar-refractivity contribution in [3.63, 3.8) is 0 Å². The number of hydrogen-bond donors (Lipinski definition) is 0. The Kier molecular flexibility index (Phi) is 51.4. The summed E-state index contributed by atoms with van der Waals surface area (Å²) in [6.07, 6.45) is 41.3. The van der Waals surface area contributed by atoms with E-state index in [1.165, 1.54) is 0 Å². The molecule has 0 saturated carbocycles. The average molecular weight is 2080 g/mol. The topological polar surface area (TPSA) is 208 Å². The molecule has 5 aliphatic heterocycles. The zero-order chi connectivity index (χ0) is 109. The third kappa shape index (κ3) is 35.5. The van der Waals surface area contributed by atoms with E-state index < -0.39 is 5.54 Å². The fraction of sp³-hybridized carbons (Fsp3) is 0.925. The molecule has 5 fully saturated rings. The van der Waals surface area contributed by atoms with Crippen molar-refractivity contribution in [3.8, 4) is 0 Å². The fourth-order valence-electron chi connectivity index (χ4n) is 26.2. The first-order chi connectivity index (χ1) is 70.0. The summed E-state index contributed by atoms with van der Waals surface area (Å²) in [5.74, 6) is 7.41. The van der Waals surface area contributed by atoms with E-state index in [0.717, 1.165) is 402 Å². The van der Waals surface area contributed by atoms with Gasteiger partial charge in [0.25, 0.3) is 0 Å². The van der Waals surface area contributed by atoms with Gasteiger partial charge in [-0.25, -0.2) is 0 Å². The molecule has 0 radical (unpaired) electrons. The molecule has 28 nitrogen and oxygen atoms in total. The molecule has 5 aliphatic rings. The van der Waals surface area contributed by atoms with Gasteiger partial charge in [-0.3, -0.25) is 29.1 Å². The standard InChI is InChI=1S/C120H231N23O5/c1-37-51-68-130(69-52-38-2)102-123-103(131(70-53-39-3)71-54-40-4)126-108(125-102)136(98-90-114(23,24)141(146-83-48-12)115(25,26)91-98)78-65-61-60-64-77-135(97-88-112(19,20)140(145-82-47-11)113(21,22)89-97)107-122-101(121-106(129-107)134(76-59-45-9)96-86-110(15,16)139(144-81-46-10)111(17,18)87-96)120(35,36)138(100-94-118(31,32)143(148-85-50-14)119(33,34)95-100)80-67-63-62-66-79-137(99-92-116(27,28)142(147-84-49-13)117(29,30)93-99)109-127-104(132(72-55-41-5)73-56-42-6)124-105(128-109)133(74-57-43-7)75-58-44-8/h96-100H,37-95H2,1-36H3. The first kappa shape index (κ1) is 128. The molecule has 28 heteroatoms. The first-order valence-corrected chi connectivity index (χ1v) is 61.3. The van der Waals surface area contributed by atoms with Gasteiger partial charge in [-0.05, 0) is 339 Å². The van der Waals surface area contributed by atoms with Gasteiger partial charge in [0.15, 0.2) is 5.82 Å². The number of unbranched alkanes of at least 4 members (excludes halogenated alkanes) is 15. The molecular formula is C120H231N23O5. The van der Waals surface area contributed by atoms with Crippen molar-refractivity contribution in [1.29, 1.82) is 0 Å². The summed E-state index contributed by atoms with van der Waals surface area (Å²) in [6.45, 7) is 100. The largest absolute Gasteiger partial charge is 0.341 e. The van der Waals surface area contributed by atoms with E-state index in [9.17, 15) is 0 Å². The number of hydrogen-bond acceptors (Lipinski definition) is 28. The molecule has 0 aliphatic carbocycles. The van der Waals surface area contributed by atoms with Crippen molar-refractivity contribution >= 4 is 47.6 Å². The zero-order valence-electron chi connectivity index (χ0n) is 103. The maximum absolute atomic E-state index is 6.97. The second-order valence-corrected chi connectivity index (χ2v) is 52.3. The van der Waals surface area contributed by atoms with Gasteiger partial charge in [-0.2, -0.15) is 70.2 Å². The highest BCUT2D eigenvalue weighted by atomic mass is 16.7. The van der Waals surface area contributed by atoms with E-state index in [0.29, 0.717) is 33.0 Å². The number of rotatable bonds is 71. The van der Waals surface area contributed by atoms with Crippen LogP contribution in [0.5, 0.6) is 0 Å². The Morgan fingerprint density at radius 1 is 0.203 bits per heavy atom. The normalized spacial score (nSPS) is 19.9. The van der Waals surface area contributed by atoms with Crippen LogP contribution in [-0.4, -0.2) is 279 Å². The fourth-order valence-corrected chi connectivity index (χ4v) is 26.2. The molecule has 0 N–H and O–H groups in total. The number of nitrogens with zero attached hydrogens (tertiary/aromatic N) is 23. The van der Waals surface area contributed by atoms with E-state index in [4.69, 9.17) is 69.0 Å². The van der Waals surface area contributed by atoms with E-state index in [2.05, 4.69) is 319 Å². The summed E-state index contributed by atoms with van der Waals surface area (Å²) < 4.78 is 0. The quantitative estimate of drug-likeness (QED) is 0.0481. The van der Waals surface area contributed by atoms with Crippen molar-refractivity contribution in [2.75, 3.05) is 157 Å². The molecule has 3 aromatic heterocycles. The molecule has 8 rings (SSSR count). The average Bonchev–Trinajstić information content (AvgIpc) is 0.682. The Morgan fingerprint density at radius 3 is 0.561 bits per heavy atom. The van der Waals surface area contributed by atoms with Gasteiger partial charge < -0.3 is 39.2 Å². The number of anilines is 8. The van der Waals surface area contributed by atoms with Crippen LogP contribution in [0.1, 0.15) is 518 Å². The van der Waals surface area contributed by atoms with E-state index in [1.807, 2.05) is 0 Å². The first-order valence-electron chi connectivity index (χ1n) is 61.3. The van der Waals surface area contributed by atoms with Crippen LogP contribution >= 0.6 is 0 Å². The summed E-state index contributed by atoms with van der Waals surface area (Å²) in [4.78, 5) is 111. The molecule has 0 aromatic carbocycles. The van der Waals surface area contributed by atoms with Crippen LogP contribution < -0.4 is 39.2 Å². The van der Waals surface area contributed by atoms with Crippen molar-refractivity contribution in [2.45, 2.75) is 604 Å². The molecule has 0 amide bonds. The minimum absolute atomic E-state index is 0.0575. The Labute approximate surface area is 908 Å². The Morgan fingerprint density at radius 2 is 0.365 bits per heavy atom. The smallest absolute Gasteiger partial charge is 0.232 e. The minimum Gasteiger partial charge on any atom is -0.341 e. The van der Waals surface area contributed by atoms with Crippen molar-refractivity contribution in [1.82, 2.24) is 75.1 Å². The summed E-state index contributed by atoms with van der Waals surface area (Å²) >= 11 is 0. The maximum atomic E-state index is 6.97. The van der Waals surface area contributed by atoms with Crippen molar-refractivity contribution in [2.24, 2.45) is 0 Å². The molecular weight excluding hydrogens is 1840 g/mol. The highest BCUT2D eigenvalue weighted by Crippen LogP contribution is 2.50. The van der Waals surface area contributed by atoms with Crippen molar-refractivity contribution in [3.05, 3.63) is 5.82 Å². The molecule has 856 valence electrons. The Balaban J connectivity index is 1.30. The van der Waals surface area contributed by atoms with Gasteiger partial charge in [-0.1, -0.05) is 180 Å². The monoisotopic (exact) mass is 2070 g/mol. The van der Waals surface area contributed by atoms with Gasteiger partial charge in [0.1, 0.15) is 0 Å². The van der Waals surface area contributed by atoms with Crippen LogP contribution in [0.3, 0.4) is 0 Å². The van der Waals surface area contributed by atoms with Crippen LogP contribution in [0.15, 0.2) is 0 Å². The van der Waals surface area contributed by atoms with Crippen LogP contribution in [0.25, 0.3) is 0 Å². The van der Waals surface area contributed by atoms with Crippen molar-refractivity contribution < 1.29 is 24.2 Å². The molecule has 0 bridgehead atoms. The lowest BCUT2D eigenvalue weighted by Crippen LogP contribution is -2.66. The van der Waals surface area contributed by atoms with Crippen LogP contribution in [0.2, 0.25) is 0 Å². The Hall–Kier alpha value is -5.01. The number of piperidine rings is 5. The summed E-state index contributed by atoms with van der Waals surface area (Å²) in [7, 11) is 0. The lowest BCUT2D eigenvalue weighted by atomic mass is 9.77. The van der Waals surface area contributed by atoms with Crippen LogP contribution in [0.4, 0.5) is 47.6 Å². The van der Waals surface area contributed by atoms with Gasteiger partial charge in [-0.15, -0.1) is 0 Å². The SMILES string of the molecule is CCCCN(CCCC)c1nc(N(CCCC)CCCC)nc(N(CCCCCCN(c2nc(N(CCCC)C3CC(C)(C)N(OCCC)C(C)(C)C3)nc(C(C)(C)N(CCCCCCN(c3nc(N(CCCC)CCCC)nc(N(CCCC)CCCC)n3)C3CC(C)(C)N(OCCC)C(C)(C)C3)C3CC(C)(C)N(OCCC)C(C)(C)C3)n2)C2CC(C)(C)N(OCCC)C(C)(C)C2)C2CC(C)(C)N(OCCC)C(C)(C)C2)n1. The molecule has 0 unspecified atom stereocenters. The van der Waals surface area contributed by atoms with E-state index >= 15 is 0 Å². The van der Waals surface area contributed by atoms with Gasteiger partial charge in [0.05, 0.1) is 38.6 Å². The molecule has 8 heterocycles. The number of hydroxylamine groups is 10. The summed E-state index contributed by atoms with van der Waals surface area (Å²) in [6, 6.07) is 0.594. The molecule has 0 spiro atoms. The molecule has 5 saturated heterocycles.